The lowest BCUT2D eigenvalue weighted by Crippen LogP contribution is -2.12. The molecule has 1 aromatic carbocycles. The lowest BCUT2D eigenvalue weighted by molar-refractivity contribution is 0.406. The fourth-order valence-electron chi connectivity index (χ4n) is 1.01. The quantitative estimate of drug-likeness (QED) is 0.783. The van der Waals surface area contributed by atoms with Crippen molar-refractivity contribution in [3.63, 3.8) is 0 Å². The summed E-state index contributed by atoms with van der Waals surface area (Å²) in [5.74, 6) is -0.128. The molecule has 0 radical (unpaired) electrons. The molecule has 0 aliphatic carbocycles. The average Bonchev–Trinajstić information content (AvgIpc) is 2.15. The Bertz CT molecular complexity index is 291. The molecule has 2 N–H and O–H groups in total. The minimum atomic E-state index is -0.787. The molecule has 0 heterocycles. The maximum absolute atomic E-state index is 12.9. The van der Waals surface area contributed by atoms with E-state index in [2.05, 4.69) is 0 Å². The van der Waals surface area contributed by atoms with Crippen LogP contribution in [0.15, 0.2) is 18.2 Å². The van der Waals surface area contributed by atoms with Gasteiger partial charge in [-0.3, -0.25) is 0 Å². The minimum Gasteiger partial charge on any atom is -0.497 e. The number of hydrogen-bond donors (Lipinski definition) is 1. The van der Waals surface area contributed by atoms with Gasteiger partial charge < -0.3 is 10.5 Å². The minimum absolute atomic E-state index is 0.346. The van der Waals surface area contributed by atoms with Crippen LogP contribution in [0.5, 0.6) is 5.75 Å². The molecule has 0 saturated carbocycles. The molecule has 0 saturated heterocycles. The van der Waals surface area contributed by atoms with Crippen LogP contribution < -0.4 is 10.5 Å². The summed E-state index contributed by atoms with van der Waals surface area (Å²) >= 11 is 0. The fourth-order valence-corrected chi connectivity index (χ4v) is 1.01. The summed E-state index contributed by atoms with van der Waals surface area (Å²) in [6.45, 7) is -0.716. The Morgan fingerprint density at radius 1 is 1.46 bits per heavy atom. The smallest absolute Gasteiger partial charge is 0.127 e. The summed E-state index contributed by atoms with van der Waals surface area (Å²) < 4.78 is 29.8. The third-order valence-electron chi connectivity index (χ3n) is 1.72. The van der Waals surface area contributed by atoms with Crippen LogP contribution in [0.3, 0.4) is 0 Å². The van der Waals surface area contributed by atoms with E-state index >= 15 is 0 Å². The molecule has 0 aliphatic heterocycles. The molecule has 1 aromatic rings. The number of halogens is 2. The lowest BCUT2D eigenvalue weighted by atomic mass is 10.1. The third kappa shape index (κ3) is 2.39. The van der Waals surface area contributed by atoms with Gasteiger partial charge >= 0.3 is 0 Å². The van der Waals surface area contributed by atoms with E-state index in [1.807, 2.05) is 0 Å². The predicted octanol–water partition coefficient (Wildman–Crippen LogP) is 1.80. The Hall–Kier alpha value is -1.16. The number of rotatable bonds is 3. The van der Waals surface area contributed by atoms with E-state index in [1.54, 1.807) is 0 Å². The first-order chi connectivity index (χ1) is 6.17. The standard InChI is InChI=1S/C9H11F2NO/c1-13-8-3-6(9(12)5-10)2-7(11)4-8/h2-4,9H,5,12H2,1H3/t9-/m0/s1. The topological polar surface area (TPSA) is 35.2 Å². The van der Waals surface area contributed by atoms with Crippen LogP contribution in [-0.2, 0) is 0 Å². The first-order valence-electron chi connectivity index (χ1n) is 3.83. The first kappa shape index (κ1) is 9.92. The molecular formula is C9H11F2NO. The molecule has 0 amide bonds. The van der Waals surface area contributed by atoms with Crippen molar-refractivity contribution in [1.82, 2.24) is 0 Å². The third-order valence-corrected chi connectivity index (χ3v) is 1.72. The van der Waals surface area contributed by atoms with E-state index in [9.17, 15) is 8.78 Å². The number of methoxy groups -OCH3 is 1. The van der Waals surface area contributed by atoms with Gasteiger partial charge in [0.15, 0.2) is 0 Å². The van der Waals surface area contributed by atoms with Crippen LogP contribution in [0.25, 0.3) is 0 Å². The zero-order valence-corrected chi connectivity index (χ0v) is 7.26. The van der Waals surface area contributed by atoms with Crippen LogP contribution >= 0.6 is 0 Å². The molecule has 0 spiro atoms. The van der Waals surface area contributed by atoms with Crippen LogP contribution in [0, 0.1) is 5.82 Å². The summed E-state index contributed by atoms with van der Waals surface area (Å²) in [5.41, 5.74) is 5.79. The van der Waals surface area contributed by atoms with Gasteiger partial charge in [0.1, 0.15) is 18.2 Å². The molecule has 1 atom stereocenters. The van der Waals surface area contributed by atoms with Gasteiger partial charge in [-0.15, -0.1) is 0 Å². The Kier molecular flexibility index (Phi) is 3.19. The molecule has 72 valence electrons. The van der Waals surface area contributed by atoms with Crippen molar-refractivity contribution in [3.8, 4) is 5.75 Å². The maximum atomic E-state index is 12.9. The van der Waals surface area contributed by atoms with E-state index in [0.29, 0.717) is 11.3 Å². The molecule has 0 aliphatic rings. The number of hydrogen-bond acceptors (Lipinski definition) is 2. The van der Waals surface area contributed by atoms with Gasteiger partial charge in [-0.05, 0) is 17.7 Å². The van der Waals surface area contributed by atoms with Crippen molar-refractivity contribution < 1.29 is 13.5 Å². The van der Waals surface area contributed by atoms with Crippen molar-refractivity contribution in [3.05, 3.63) is 29.6 Å². The summed E-state index contributed by atoms with van der Waals surface area (Å²) in [7, 11) is 1.42. The van der Waals surface area contributed by atoms with E-state index < -0.39 is 18.5 Å². The molecule has 0 fully saturated rings. The Labute approximate surface area is 75.3 Å². The van der Waals surface area contributed by atoms with Crippen LogP contribution in [0.1, 0.15) is 11.6 Å². The van der Waals surface area contributed by atoms with Crippen molar-refractivity contribution in [1.29, 1.82) is 0 Å². The summed E-state index contributed by atoms with van der Waals surface area (Å²) in [5, 5.41) is 0. The lowest BCUT2D eigenvalue weighted by Gasteiger charge is -2.09. The molecule has 13 heavy (non-hydrogen) atoms. The molecule has 0 aromatic heterocycles. The van der Waals surface area contributed by atoms with E-state index in [1.165, 1.54) is 25.3 Å². The Morgan fingerprint density at radius 2 is 2.15 bits per heavy atom. The number of benzene rings is 1. The summed E-state index contributed by atoms with van der Waals surface area (Å²) in [4.78, 5) is 0. The largest absolute Gasteiger partial charge is 0.497 e. The van der Waals surface area contributed by atoms with Gasteiger partial charge in [0.2, 0.25) is 0 Å². The predicted molar refractivity (Wildman–Crippen MR) is 45.9 cm³/mol. The van der Waals surface area contributed by atoms with Gasteiger partial charge in [0.05, 0.1) is 13.2 Å². The second-order valence-corrected chi connectivity index (χ2v) is 2.69. The van der Waals surface area contributed by atoms with Crippen molar-refractivity contribution >= 4 is 0 Å². The number of nitrogens with two attached hydrogens (primary N) is 1. The number of alkyl halides is 1. The van der Waals surface area contributed by atoms with Crippen LogP contribution in [0.4, 0.5) is 8.78 Å². The molecule has 1 rings (SSSR count). The fraction of sp³-hybridized carbons (Fsp3) is 0.333. The zero-order chi connectivity index (χ0) is 9.84. The van der Waals surface area contributed by atoms with Gasteiger partial charge in [-0.2, -0.15) is 0 Å². The van der Waals surface area contributed by atoms with E-state index in [0.717, 1.165) is 0 Å². The van der Waals surface area contributed by atoms with Crippen molar-refractivity contribution in [2.75, 3.05) is 13.8 Å². The first-order valence-corrected chi connectivity index (χ1v) is 3.83. The molecular weight excluding hydrogens is 176 g/mol. The molecule has 2 nitrogen and oxygen atoms in total. The van der Waals surface area contributed by atoms with Gasteiger partial charge in [-0.1, -0.05) is 0 Å². The Morgan fingerprint density at radius 3 is 2.69 bits per heavy atom. The highest BCUT2D eigenvalue weighted by molar-refractivity contribution is 5.31. The number of ether oxygens (including phenoxy) is 1. The van der Waals surface area contributed by atoms with Gasteiger partial charge in [-0.25, -0.2) is 8.78 Å². The highest BCUT2D eigenvalue weighted by Gasteiger charge is 2.08. The summed E-state index contributed by atoms with van der Waals surface area (Å²) in [6, 6.07) is 3.15. The zero-order valence-electron chi connectivity index (χ0n) is 7.26. The SMILES string of the molecule is COc1cc(F)cc([C@@H](N)CF)c1. The highest BCUT2D eigenvalue weighted by atomic mass is 19.1. The van der Waals surface area contributed by atoms with Crippen molar-refractivity contribution in [2.45, 2.75) is 6.04 Å². The molecule has 0 unspecified atom stereocenters. The monoisotopic (exact) mass is 187 g/mol. The molecule has 0 bridgehead atoms. The molecule has 4 heteroatoms. The normalized spacial score (nSPS) is 12.6. The van der Waals surface area contributed by atoms with Crippen LogP contribution in [0.2, 0.25) is 0 Å². The second kappa shape index (κ2) is 4.18. The maximum Gasteiger partial charge on any atom is 0.127 e. The van der Waals surface area contributed by atoms with Crippen molar-refractivity contribution in [2.24, 2.45) is 5.73 Å². The van der Waals surface area contributed by atoms with Gasteiger partial charge in [0, 0.05) is 6.07 Å². The van der Waals surface area contributed by atoms with E-state index in [4.69, 9.17) is 10.5 Å². The second-order valence-electron chi connectivity index (χ2n) is 2.69. The Balaban J connectivity index is 3.01. The van der Waals surface area contributed by atoms with E-state index in [-0.39, 0.29) is 0 Å². The summed E-state index contributed by atoms with van der Waals surface area (Å²) in [6.07, 6.45) is 0. The van der Waals surface area contributed by atoms with Crippen LogP contribution in [-0.4, -0.2) is 13.8 Å². The van der Waals surface area contributed by atoms with Gasteiger partial charge in [0.25, 0.3) is 0 Å². The highest BCUT2D eigenvalue weighted by Crippen LogP contribution is 2.20. The average molecular weight is 187 g/mol.